The Hall–Kier alpha value is -1.88. The summed E-state index contributed by atoms with van der Waals surface area (Å²) in [7, 11) is 2.86. The maximum absolute atomic E-state index is 12.7. The summed E-state index contributed by atoms with van der Waals surface area (Å²) in [6.07, 6.45) is 2.11. The van der Waals surface area contributed by atoms with Crippen LogP contribution in [0.5, 0.6) is 5.75 Å². The molecule has 1 saturated carbocycles. The zero-order valence-electron chi connectivity index (χ0n) is 12.6. The summed E-state index contributed by atoms with van der Waals surface area (Å²) in [5, 5.41) is 3.22. The number of ether oxygens (including phenoxy) is 2. The Kier molecular flexibility index (Phi) is 4.96. The number of benzene rings is 1. The van der Waals surface area contributed by atoms with Gasteiger partial charge >= 0.3 is 5.97 Å². The third-order valence-corrected chi connectivity index (χ3v) is 3.55. The second kappa shape index (κ2) is 6.72. The lowest BCUT2D eigenvalue weighted by atomic mass is 9.99. The molecule has 0 heterocycles. The Labute approximate surface area is 124 Å². The van der Waals surface area contributed by atoms with Gasteiger partial charge in [0.05, 0.1) is 32.2 Å². The summed E-state index contributed by atoms with van der Waals surface area (Å²) in [5.41, 5.74) is 1.47. The lowest BCUT2D eigenvalue weighted by Gasteiger charge is -2.18. The molecule has 1 aliphatic rings. The lowest BCUT2D eigenvalue weighted by molar-refractivity contribution is -0.141. The molecule has 0 saturated heterocycles. The molecule has 0 spiro atoms. The van der Waals surface area contributed by atoms with Crippen LogP contribution >= 0.6 is 0 Å². The van der Waals surface area contributed by atoms with Crippen LogP contribution in [0.1, 0.15) is 35.2 Å². The number of aryl methyl sites for hydroxylation is 1. The van der Waals surface area contributed by atoms with Crippen molar-refractivity contribution in [3.63, 3.8) is 0 Å². The summed E-state index contributed by atoms with van der Waals surface area (Å²) in [6, 6.07) is 5.20. The van der Waals surface area contributed by atoms with Gasteiger partial charge in [-0.1, -0.05) is 11.6 Å². The van der Waals surface area contributed by atoms with Crippen LogP contribution in [0.2, 0.25) is 0 Å². The predicted octanol–water partition coefficient (Wildman–Crippen LogP) is 1.87. The topological polar surface area (TPSA) is 64.6 Å². The fraction of sp³-hybridized carbons (Fsp3) is 0.500. The molecule has 1 aromatic rings. The molecule has 1 aromatic carbocycles. The first-order valence-corrected chi connectivity index (χ1v) is 7.07. The van der Waals surface area contributed by atoms with Gasteiger partial charge in [-0.15, -0.1) is 0 Å². The van der Waals surface area contributed by atoms with Crippen LogP contribution in [0.4, 0.5) is 0 Å². The van der Waals surface area contributed by atoms with Crippen LogP contribution in [0, 0.1) is 6.92 Å². The Balaban J connectivity index is 2.23. The first kappa shape index (κ1) is 15.5. The van der Waals surface area contributed by atoms with Crippen LogP contribution < -0.4 is 10.1 Å². The maximum Gasteiger partial charge on any atom is 0.307 e. The number of ketones is 1. The van der Waals surface area contributed by atoms with Gasteiger partial charge in [0.1, 0.15) is 5.75 Å². The first-order chi connectivity index (χ1) is 10.0. The third kappa shape index (κ3) is 4.04. The van der Waals surface area contributed by atoms with Crippen molar-refractivity contribution >= 4 is 11.8 Å². The fourth-order valence-electron chi connectivity index (χ4n) is 2.21. The van der Waals surface area contributed by atoms with Crippen molar-refractivity contribution in [2.75, 3.05) is 14.2 Å². The van der Waals surface area contributed by atoms with Gasteiger partial charge in [0, 0.05) is 6.04 Å². The highest BCUT2D eigenvalue weighted by atomic mass is 16.5. The van der Waals surface area contributed by atoms with Crippen LogP contribution in [0.15, 0.2) is 18.2 Å². The zero-order chi connectivity index (χ0) is 15.4. The van der Waals surface area contributed by atoms with Crippen LogP contribution in [-0.2, 0) is 9.53 Å². The van der Waals surface area contributed by atoms with Crippen molar-refractivity contribution in [2.24, 2.45) is 0 Å². The largest absolute Gasteiger partial charge is 0.496 e. The van der Waals surface area contributed by atoms with E-state index in [1.54, 1.807) is 12.1 Å². The number of carbonyl (C=O) groups excluding carboxylic acids is 2. The molecule has 5 nitrogen and oxygen atoms in total. The number of carbonyl (C=O) groups is 2. The highest BCUT2D eigenvalue weighted by Crippen LogP contribution is 2.25. The van der Waals surface area contributed by atoms with Crippen molar-refractivity contribution in [1.29, 1.82) is 0 Å². The Morgan fingerprint density at radius 2 is 2.05 bits per heavy atom. The van der Waals surface area contributed by atoms with Gasteiger partial charge in [-0.2, -0.15) is 0 Å². The van der Waals surface area contributed by atoms with E-state index in [0.29, 0.717) is 17.4 Å². The number of methoxy groups -OCH3 is 2. The van der Waals surface area contributed by atoms with Crippen molar-refractivity contribution in [2.45, 2.75) is 38.3 Å². The minimum absolute atomic E-state index is 0.0307. The molecule has 2 rings (SSSR count). The molecule has 114 valence electrons. The number of nitrogens with one attached hydrogen (secondary N) is 1. The molecule has 1 aliphatic carbocycles. The predicted molar refractivity (Wildman–Crippen MR) is 78.6 cm³/mol. The standard InChI is InChI=1S/C16H21NO4/c1-10-4-7-14(20-2)12(8-10)16(19)13(9-15(18)21-3)17-11-5-6-11/h4,7-8,11,13,17H,5-6,9H2,1-3H3. The average molecular weight is 291 g/mol. The molecule has 5 heteroatoms. The van der Waals surface area contributed by atoms with E-state index < -0.39 is 12.0 Å². The summed E-state index contributed by atoms with van der Waals surface area (Å²) >= 11 is 0. The summed E-state index contributed by atoms with van der Waals surface area (Å²) in [6.45, 7) is 1.92. The quantitative estimate of drug-likeness (QED) is 0.614. The molecule has 1 fully saturated rings. The molecule has 1 N–H and O–H groups in total. The molecule has 1 atom stereocenters. The molecule has 1 unspecified atom stereocenters. The smallest absolute Gasteiger partial charge is 0.307 e. The van der Waals surface area contributed by atoms with Gasteiger partial charge in [-0.25, -0.2) is 0 Å². The lowest BCUT2D eigenvalue weighted by Crippen LogP contribution is -2.40. The van der Waals surface area contributed by atoms with Crippen molar-refractivity contribution in [3.05, 3.63) is 29.3 Å². The van der Waals surface area contributed by atoms with E-state index in [1.165, 1.54) is 14.2 Å². The SMILES string of the molecule is COC(=O)CC(NC1CC1)C(=O)c1cc(C)ccc1OC. The van der Waals surface area contributed by atoms with Crippen molar-refractivity contribution in [1.82, 2.24) is 5.32 Å². The molecule has 0 bridgehead atoms. The Morgan fingerprint density at radius 1 is 1.33 bits per heavy atom. The van der Waals surface area contributed by atoms with E-state index in [0.717, 1.165) is 18.4 Å². The monoisotopic (exact) mass is 291 g/mol. The molecular weight excluding hydrogens is 270 g/mol. The first-order valence-electron chi connectivity index (χ1n) is 7.07. The zero-order valence-corrected chi connectivity index (χ0v) is 12.6. The van der Waals surface area contributed by atoms with E-state index in [1.807, 2.05) is 13.0 Å². The second-order valence-corrected chi connectivity index (χ2v) is 5.34. The van der Waals surface area contributed by atoms with Gasteiger partial charge < -0.3 is 14.8 Å². The van der Waals surface area contributed by atoms with Crippen LogP contribution in [-0.4, -0.2) is 38.1 Å². The van der Waals surface area contributed by atoms with Crippen molar-refractivity contribution in [3.8, 4) is 5.75 Å². The van der Waals surface area contributed by atoms with E-state index in [4.69, 9.17) is 4.74 Å². The third-order valence-electron chi connectivity index (χ3n) is 3.55. The molecular formula is C16H21NO4. The van der Waals surface area contributed by atoms with Gasteiger partial charge in [0.25, 0.3) is 0 Å². The number of Topliss-reactive ketones (excluding diaryl/α,β-unsaturated/α-hetero) is 1. The number of esters is 1. The fourth-order valence-corrected chi connectivity index (χ4v) is 2.21. The maximum atomic E-state index is 12.7. The molecule has 0 aromatic heterocycles. The second-order valence-electron chi connectivity index (χ2n) is 5.34. The van der Waals surface area contributed by atoms with E-state index in [9.17, 15) is 9.59 Å². The highest BCUT2D eigenvalue weighted by Gasteiger charge is 2.31. The minimum atomic E-state index is -0.569. The van der Waals surface area contributed by atoms with E-state index in [2.05, 4.69) is 10.1 Å². The number of hydrogen-bond acceptors (Lipinski definition) is 5. The summed E-state index contributed by atoms with van der Waals surface area (Å²) in [5.74, 6) is -0.000896. The average Bonchev–Trinajstić information content (AvgIpc) is 3.29. The van der Waals surface area contributed by atoms with Crippen LogP contribution in [0.3, 0.4) is 0 Å². The Morgan fingerprint density at radius 3 is 2.62 bits per heavy atom. The normalized spacial score (nSPS) is 15.4. The number of hydrogen-bond donors (Lipinski definition) is 1. The summed E-state index contributed by atoms with van der Waals surface area (Å²) in [4.78, 5) is 24.3. The minimum Gasteiger partial charge on any atom is -0.496 e. The van der Waals surface area contributed by atoms with Gasteiger partial charge in [-0.05, 0) is 31.9 Å². The highest BCUT2D eigenvalue weighted by molar-refractivity contribution is 6.04. The summed E-state index contributed by atoms with van der Waals surface area (Å²) < 4.78 is 9.95. The van der Waals surface area contributed by atoms with Gasteiger partial charge in [-0.3, -0.25) is 9.59 Å². The van der Waals surface area contributed by atoms with E-state index >= 15 is 0 Å². The number of rotatable bonds is 7. The van der Waals surface area contributed by atoms with E-state index in [-0.39, 0.29) is 12.2 Å². The Bertz CT molecular complexity index is 537. The molecule has 0 aliphatic heterocycles. The van der Waals surface area contributed by atoms with Crippen LogP contribution in [0.25, 0.3) is 0 Å². The molecule has 0 radical (unpaired) electrons. The molecule has 21 heavy (non-hydrogen) atoms. The van der Waals surface area contributed by atoms with Gasteiger partial charge in [0.2, 0.25) is 0 Å². The van der Waals surface area contributed by atoms with Gasteiger partial charge in [0.15, 0.2) is 5.78 Å². The molecule has 0 amide bonds. The van der Waals surface area contributed by atoms with Crippen molar-refractivity contribution < 1.29 is 19.1 Å².